The van der Waals surface area contributed by atoms with Crippen LogP contribution in [0.4, 0.5) is 5.69 Å². The zero-order chi connectivity index (χ0) is 11.7. The van der Waals surface area contributed by atoms with Crippen LogP contribution in [0.2, 0.25) is 5.02 Å². The lowest BCUT2D eigenvalue weighted by molar-refractivity contribution is 0.881. The Hall–Kier alpha value is -1.12. The fraction of sp³-hybridized carbons (Fsp3) is 0.143. The topological polar surface area (TPSA) is 12.0 Å². The largest absolute Gasteiger partial charge is 0.376 e. The molecule has 0 amide bonds. The van der Waals surface area contributed by atoms with Gasteiger partial charge in [-0.2, -0.15) is 0 Å². The van der Waals surface area contributed by atoms with Crippen molar-refractivity contribution >= 4 is 29.1 Å². The van der Waals surface area contributed by atoms with Crippen LogP contribution in [0.25, 0.3) is 0 Å². The first-order valence-electron chi connectivity index (χ1n) is 5.57. The molecule has 17 heavy (non-hydrogen) atoms. The minimum absolute atomic E-state index is 0.295. The van der Waals surface area contributed by atoms with Gasteiger partial charge in [0.15, 0.2) is 0 Å². The number of nitrogens with one attached hydrogen (secondary N) is 1. The molecular formula is C14H12ClNS. The first-order chi connectivity index (χ1) is 8.34. The monoisotopic (exact) mass is 261 g/mol. The number of rotatable bonds is 1. The lowest BCUT2D eigenvalue weighted by atomic mass is 10.1. The third-order valence-electron chi connectivity index (χ3n) is 2.90. The summed E-state index contributed by atoms with van der Waals surface area (Å²) < 4.78 is 0. The summed E-state index contributed by atoms with van der Waals surface area (Å²) in [5.74, 6) is 1.01. The maximum atomic E-state index is 6.24. The van der Waals surface area contributed by atoms with Crippen LogP contribution in [-0.4, -0.2) is 5.75 Å². The summed E-state index contributed by atoms with van der Waals surface area (Å²) in [4.78, 5) is 1.32. The second-order valence-corrected chi connectivity index (χ2v) is 5.49. The van der Waals surface area contributed by atoms with Gasteiger partial charge in [0, 0.05) is 21.4 Å². The van der Waals surface area contributed by atoms with E-state index in [1.54, 1.807) is 0 Å². The number of hydrogen-bond acceptors (Lipinski definition) is 2. The van der Waals surface area contributed by atoms with Gasteiger partial charge in [0.25, 0.3) is 0 Å². The van der Waals surface area contributed by atoms with Crippen LogP contribution >= 0.6 is 23.4 Å². The molecule has 1 aliphatic heterocycles. The van der Waals surface area contributed by atoms with E-state index in [0.717, 1.165) is 10.8 Å². The number of halogens is 1. The van der Waals surface area contributed by atoms with Crippen LogP contribution in [0.1, 0.15) is 11.6 Å². The lowest BCUT2D eigenvalue weighted by Crippen LogP contribution is -2.17. The average molecular weight is 262 g/mol. The molecule has 0 saturated carbocycles. The summed E-state index contributed by atoms with van der Waals surface area (Å²) in [7, 11) is 0. The first kappa shape index (κ1) is 11.0. The summed E-state index contributed by atoms with van der Waals surface area (Å²) in [6, 6.07) is 16.7. The van der Waals surface area contributed by atoms with Crippen molar-refractivity contribution in [3.63, 3.8) is 0 Å². The van der Waals surface area contributed by atoms with Crippen molar-refractivity contribution in [3.05, 3.63) is 59.1 Å². The average Bonchev–Trinajstić information content (AvgIpc) is 2.39. The van der Waals surface area contributed by atoms with E-state index in [2.05, 4.69) is 35.6 Å². The van der Waals surface area contributed by atoms with Gasteiger partial charge in [-0.3, -0.25) is 0 Å². The fourth-order valence-electron chi connectivity index (χ4n) is 2.04. The molecule has 86 valence electrons. The molecule has 2 aromatic rings. The van der Waals surface area contributed by atoms with Crippen molar-refractivity contribution in [1.29, 1.82) is 0 Å². The molecule has 1 heterocycles. The Bertz CT molecular complexity index is 541. The van der Waals surface area contributed by atoms with Gasteiger partial charge in [-0.05, 0) is 23.8 Å². The van der Waals surface area contributed by atoms with Crippen molar-refractivity contribution in [2.75, 3.05) is 11.1 Å². The van der Waals surface area contributed by atoms with Crippen LogP contribution < -0.4 is 5.32 Å². The van der Waals surface area contributed by atoms with E-state index in [9.17, 15) is 0 Å². The van der Waals surface area contributed by atoms with E-state index < -0.39 is 0 Å². The molecule has 1 nitrogen and oxygen atoms in total. The third-order valence-corrected chi connectivity index (χ3v) is 4.41. The van der Waals surface area contributed by atoms with Gasteiger partial charge in [-0.25, -0.2) is 0 Å². The number of para-hydroxylation sites is 1. The molecule has 0 bridgehead atoms. The van der Waals surface area contributed by atoms with Gasteiger partial charge < -0.3 is 5.32 Å². The van der Waals surface area contributed by atoms with Gasteiger partial charge in [0.2, 0.25) is 0 Å². The van der Waals surface area contributed by atoms with E-state index >= 15 is 0 Å². The molecule has 1 aliphatic rings. The summed E-state index contributed by atoms with van der Waals surface area (Å²) >= 11 is 8.11. The molecule has 0 aliphatic carbocycles. The van der Waals surface area contributed by atoms with Crippen LogP contribution in [0.5, 0.6) is 0 Å². The fourth-order valence-corrected chi connectivity index (χ4v) is 3.37. The maximum Gasteiger partial charge on any atom is 0.0622 e. The second kappa shape index (κ2) is 4.63. The van der Waals surface area contributed by atoms with Crippen LogP contribution in [0.3, 0.4) is 0 Å². The molecule has 1 atom stereocenters. The molecule has 3 rings (SSSR count). The van der Waals surface area contributed by atoms with Gasteiger partial charge >= 0.3 is 0 Å². The second-order valence-electron chi connectivity index (χ2n) is 4.03. The van der Waals surface area contributed by atoms with Crippen molar-refractivity contribution in [1.82, 2.24) is 0 Å². The minimum atomic E-state index is 0.295. The Kier molecular flexibility index (Phi) is 3.00. The van der Waals surface area contributed by atoms with E-state index in [4.69, 9.17) is 11.6 Å². The minimum Gasteiger partial charge on any atom is -0.376 e. The molecule has 0 radical (unpaired) electrons. The Balaban J connectivity index is 1.92. The zero-order valence-electron chi connectivity index (χ0n) is 9.19. The lowest BCUT2D eigenvalue weighted by Gasteiger charge is -2.27. The molecule has 0 fully saturated rings. The van der Waals surface area contributed by atoms with Gasteiger partial charge in [-0.1, -0.05) is 41.9 Å². The highest BCUT2D eigenvalue weighted by Crippen LogP contribution is 2.39. The summed E-state index contributed by atoms with van der Waals surface area (Å²) in [6.45, 7) is 0. The predicted octanol–water partition coefficient (Wildman–Crippen LogP) is 4.60. The van der Waals surface area contributed by atoms with Gasteiger partial charge in [-0.15, -0.1) is 11.8 Å². The van der Waals surface area contributed by atoms with E-state index in [0.29, 0.717) is 6.04 Å². The van der Waals surface area contributed by atoms with E-state index in [1.165, 1.54) is 16.1 Å². The Morgan fingerprint density at radius 3 is 2.71 bits per heavy atom. The number of hydrogen-bond donors (Lipinski definition) is 1. The quantitative estimate of drug-likeness (QED) is 0.805. The van der Waals surface area contributed by atoms with E-state index in [1.807, 2.05) is 30.0 Å². The summed E-state index contributed by atoms with van der Waals surface area (Å²) in [5.41, 5.74) is 2.38. The molecule has 0 saturated heterocycles. The normalized spacial score (nSPS) is 18.3. The predicted molar refractivity (Wildman–Crippen MR) is 75.0 cm³/mol. The number of anilines is 1. The first-order valence-corrected chi connectivity index (χ1v) is 6.94. The maximum absolute atomic E-state index is 6.24. The third kappa shape index (κ3) is 2.15. The van der Waals surface area contributed by atoms with Crippen LogP contribution in [0, 0.1) is 0 Å². The molecule has 2 aromatic carbocycles. The summed E-state index contributed by atoms with van der Waals surface area (Å²) in [5, 5.41) is 4.39. The van der Waals surface area contributed by atoms with Gasteiger partial charge in [0.05, 0.1) is 6.04 Å². The van der Waals surface area contributed by atoms with Crippen molar-refractivity contribution in [3.8, 4) is 0 Å². The smallest absolute Gasteiger partial charge is 0.0622 e. The Labute approximate surface area is 110 Å². The van der Waals surface area contributed by atoms with Crippen molar-refractivity contribution in [2.45, 2.75) is 10.9 Å². The van der Waals surface area contributed by atoms with Crippen LogP contribution in [0.15, 0.2) is 53.4 Å². The van der Waals surface area contributed by atoms with Crippen molar-refractivity contribution < 1.29 is 0 Å². The number of benzene rings is 2. The van der Waals surface area contributed by atoms with Gasteiger partial charge in [0.1, 0.15) is 0 Å². The standard InChI is InChI=1S/C14H12ClNS/c15-11-6-2-1-5-10(11)13-9-17-14-8-4-3-7-12(14)16-13/h1-8,13,16H,9H2/t13-/m0/s1. The number of thioether (sulfide) groups is 1. The molecule has 0 spiro atoms. The Morgan fingerprint density at radius 2 is 1.82 bits per heavy atom. The Morgan fingerprint density at radius 1 is 1.06 bits per heavy atom. The highest BCUT2D eigenvalue weighted by atomic mass is 35.5. The zero-order valence-corrected chi connectivity index (χ0v) is 10.8. The van der Waals surface area contributed by atoms with Crippen LogP contribution in [-0.2, 0) is 0 Å². The SMILES string of the molecule is Clc1ccccc1[C@@H]1CSc2ccccc2N1. The molecule has 0 aromatic heterocycles. The molecule has 1 N–H and O–H groups in total. The van der Waals surface area contributed by atoms with E-state index in [-0.39, 0.29) is 0 Å². The molecule has 3 heteroatoms. The highest BCUT2D eigenvalue weighted by Gasteiger charge is 2.20. The number of fused-ring (bicyclic) bond motifs is 1. The summed E-state index contributed by atoms with van der Waals surface area (Å²) in [6.07, 6.45) is 0. The van der Waals surface area contributed by atoms with Crippen molar-refractivity contribution in [2.24, 2.45) is 0 Å². The molecule has 0 unspecified atom stereocenters. The highest BCUT2D eigenvalue weighted by molar-refractivity contribution is 7.99. The molecular weight excluding hydrogens is 250 g/mol.